The van der Waals surface area contributed by atoms with Crippen molar-refractivity contribution >= 4 is 0 Å². The van der Waals surface area contributed by atoms with E-state index in [1.807, 2.05) is 6.07 Å². The van der Waals surface area contributed by atoms with E-state index in [4.69, 9.17) is 15.7 Å². The Morgan fingerprint density at radius 2 is 1.67 bits per heavy atom. The highest BCUT2D eigenvalue weighted by molar-refractivity contribution is 5.33. The smallest absolute Gasteiger partial charge is 0.191 e. The number of nitrogens with zero attached hydrogens (tertiary/aromatic N) is 1. The lowest BCUT2D eigenvalue weighted by Gasteiger charge is -2.10. The average molecular weight is 288 g/mol. The van der Waals surface area contributed by atoms with Crippen LogP contribution in [0.1, 0.15) is 16.7 Å². The lowest BCUT2D eigenvalue weighted by molar-refractivity contribution is 0.274. The zero-order chi connectivity index (χ0) is 15.2. The zero-order valence-corrected chi connectivity index (χ0v) is 11.3. The first kappa shape index (κ1) is 14.9. The van der Waals surface area contributed by atoms with Crippen LogP contribution in [0.15, 0.2) is 36.4 Å². The van der Waals surface area contributed by atoms with Crippen LogP contribution in [0.25, 0.3) is 0 Å². The van der Waals surface area contributed by atoms with Crippen LogP contribution in [0, 0.1) is 23.0 Å². The van der Waals surface area contributed by atoms with Gasteiger partial charge in [0.05, 0.1) is 11.6 Å². The molecular formula is C16H14F2N2O. The van der Waals surface area contributed by atoms with E-state index in [-0.39, 0.29) is 6.61 Å². The molecule has 3 nitrogen and oxygen atoms in total. The maximum atomic E-state index is 13.8. The van der Waals surface area contributed by atoms with Crippen molar-refractivity contribution < 1.29 is 13.5 Å². The maximum Gasteiger partial charge on any atom is 0.191 e. The van der Waals surface area contributed by atoms with Crippen LogP contribution < -0.4 is 10.5 Å². The number of benzene rings is 2. The van der Waals surface area contributed by atoms with Crippen LogP contribution in [-0.4, -0.2) is 6.54 Å². The second-order valence-electron chi connectivity index (χ2n) is 4.52. The molecule has 2 aromatic rings. The van der Waals surface area contributed by atoms with Crippen molar-refractivity contribution in [3.8, 4) is 11.8 Å². The van der Waals surface area contributed by atoms with E-state index in [0.717, 1.165) is 5.56 Å². The molecule has 108 valence electrons. The highest BCUT2D eigenvalue weighted by Crippen LogP contribution is 2.24. The van der Waals surface area contributed by atoms with Gasteiger partial charge >= 0.3 is 0 Å². The Kier molecular flexibility index (Phi) is 4.85. The third kappa shape index (κ3) is 3.77. The molecule has 0 fully saturated rings. The van der Waals surface area contributed by atoms with Crippen molar-refractivity contribution in [1.82, 2.24) is 0 Å². The monoisotopic (exact) mass is 288 g/mol. The molecule has 0 bridgehead atoms. The van der Waals surface area contributed by atoms with Gasteiger partial charge in [-0.1, -0.05) is 12.1 Å². The Morgan fingerprint density at radius 3 is 2.19 bits per heavy atom. The molecule has 5 heteroatoms. The van der Waals surface area contributed by atoms with E-state index >= 15 is 0 Å². The number of ether oxygens (including phenoxy) is 1. The van der Waals surface area contributed by atoms with Crippen molar-refractivity contribution in [1.29, 1.82) is 5.26 Å². The third-order valence-electron chi connectivity index (χ3n) is 2.96. The second kappa shape index (κ2) is 6.82. The van der Waals surface area contributed by atoms with Gasteiger partial charge in [-0.3, -0.25) is 0 Å². The van der Waals surface area contributed by atoms with Crippen LogP contribution in [0.3, 0.4) is 0 Å². The van der Waals surface area contributed by atoms with Crippen LogP contribution >= 0.6 is 0 Å². The molecule has 0 spiro atoms. The van der Waals surface area contributed by atoms with Crippen molar-refractivity contribution in [2.45, 2.75) is 13.0 Å². The summed E-state index contributed by atoms with van der Waals surface area (Å²) in [5, 5.41) is 8.69. The fraction of sp³-hybridized carbons (Fsp3) is 0.188. The quantitative estimate of drug-likeness (QED) is 0.920. The summed E-state index contributed by atoms with van der Waals surface area (Å²) in [5.74, 6) is -1.89. The van der Waals surface area contributed by atoms with Gasteiger partial charge in [-0.25, -0.2) is 8.78 Å². The molecule has 21 heavy (non-hydrogen) atoms. The van der Waals surface area contributed by atoms with Crippen LogP contribution in [0.4, 0.5) is 8.78 Å². The van der Waals surface area contributed by atoms with E-state index in [9.17, 15) is 8.78 Å². The normalized spacial score (nSPS) is 10.2. The molecular weight excluding hydrogens is 274 g/mol. The number of nitriles is 1. The van der Waals surface area contributed by atoms with Crippen molar-refractivity contribution in [2.24, 2.45) is 5.73 Å². The molecule has 0 aliphatic rings. The number of rotatable bonds is 5. The van der Waals surface area contributed by atoms with E-state index in [0.29, 0.717) is 24.1 Å². The van der Waals surface area contributed by atoms with Crippen molar-refractivity contribution in [2.75, 3.05) is 6.54 Å². The molecule has 0 atom stereocenters. The van der Waals surface area contributed by atoms with E-state index < -0.39 is 17.4 Å². The lowest BCUT2D eigenvalue weighted by Crippen LogP contribution is -2.05. The standard InChI is InChI=1S/C16H14F2N2O/c17-14-7-13(5-6-19)8-15(18)16(14)21-10-12-3-1-11(9-20)2-4-12/h1-4,7-8H,5-6,10,19H2. The summed E-state index contributed by atoms with van der Waals surface area (Å²) < 4.78 is 32.8. The molecule has 0 heterocycles. The minimum atomic E-state index is -0.743. The largest absolute Gasteiger partial charge is 0.483 e. The molecule has 2 N–H and O–H groups in total. The number of hydrogen-bond acceptors (Lipinski definition) is 3. The van der Waals surface area contributed by atoms with E-state index in [1.54, 1.807) is 24.3 Å². The average Bonchev–Trinajstić information content (AvgIpc) is 2.47. The third-order valence-corrected chi connectivity index (χ3v) is 2.96. The molecule has 0 unspecified atom stereocenters. The first-order valence-corrected chi connectivity index (χ1v) is 6.44. The first-order chi connectivity index (χ1) is 10.1. The zero-order valence-electron chi connectivity index (χ0n) is 11.3. The second-order valence-corrected chi connectivity index (χ2v) is 4.52. The van der Waals surface area contributed by atoms with Gasteiger partial charge in [0.2, 0.25) is 0 Å². The summed E-state index contributed by atoms with van der Waals surface area (Å²) in [7, 11) is 0. The van der Waals surface area contributed by atoms with Crippen molar-refractivity contribution in [3.63, 3.8) is 0 Å². The SMILES string of the molecule is N#Cc1ccc(COc2c(F)cc(CCN)cc2F)cc1. The molecule has 0 saturated heterocycles. The predicted molar refractivity (Wildman–Crippen MR) is 74.6 cm³/mol. The summed E-state index contributed by atoms with van der Waals surface area (Å²) in [6, 6.07) is 11.0. The molecule has 2 aromatic carbocycles. The number of nitrogens with two attached hydrogens (primary N) is 1. The highest BCUT2D eigenvalue weighted by Gasteiger charge is 2.12. The highest BCUT2D eigenvalue weighted by atomic mass is 19.1. The summed E-state index contributed by atoms with van der Waals surface area (Å²) in [4.78, 5) is 0. The first-order valence-electron chi connectivity index (χ1n) is 6.44. The minimum Gasteiger partial charge on any atom is -0.483 e. The Bertz CT molecular complexity index is 640. The molecule has 0 amide bonds. The molecule has 0 aromatic heterocycles. The summed E-state index contributed by atoms with van der Waals surface area (Å²) >= 11 is 0. The van der Waals surface area contributed by atoms with Gasteiger partial charge in [-0.15, -0.1) is 0 Å². The topological polar surface area (TPSA) is 59.0 Å². The summed E-state index contributed by atoms with van der Waals surface area (Å²) in [6.45, 7) is 0.347. The van der Waals surface area contributed by atoms with Crippen LogP contribution in [0.2, 0.25) is 0 Å². The Balaban J connectivity index is 2.10. The fourth-order valence-corrected chi connectivity index (χ4v) is 1.89. The molecule has 2 rings (SSSR count). The summed E-state index contributed by atoms with van der Waals surface area (Å²) in [6.07, 6.45) is 0.406. The Hall–Kier alpha value is -2.45. The molecule has 0 radical (unpaired) electrons. The van der Waals surface area contributed by atoms with Gasteiger partial charge in [0.15, 0.2) is 17.4 Å². The van der Waals surface area contributed by atoms with E-state index in [1.165, 1.54) is 12.1 Å². The Labute approximate surface area is 121 Å². The van der Waals surface area contributed by atoms with Gasteiger partial charge < -0.3 is 10.5 Å². The van der Waals surface area contributed by atoms with Crippen molar-refractivity contribution in [3.05, 3.63) is 64.7 Å². The lowest BCUT2D eigenvalue weighted by atomic mass is 10.1. The molecule has 0 aliphatic carbocycles. The van der Waals surface area contributed by atoms with Gasteiger partial charge in [-0.2, -0.15) is 5.26 Å². The van der Waals surface area contributed by atoms with Crippen LogP contribution in [-0.2, 0) is 13.0 Å². The molecule has 0 aliphatic heterocycles. The van der Waals surface area contributed by atoms with Crippen LogP contribution in [0.5, 0.6) is 5.75 Å². The van der Waals surface area contributed by atoms with E-state index in [2.05, 4.69) is 0 Å². The minimum absolute atomic E-state index is 0.0236. The number of halogens is 2. The summed E-state index contributed by atoms with van der Waals surface area (Å²) in [5.41, 5.74) is 7.09. The molecule has 0 saturated carbocycles. The fourth-order valence-electron chi connectivity index (χ4n) is 1.89. The number of hydrogen-bond donors (Lipinski definition) is 1. The van der Waals surface area contributed by atoms with Gasteiger partial charge in [-0.05, 0) is 48.4 Å². The van der Waals surface area contributed by atoms with Gasteiger partial charge in [0.25, 0.3) is 0 Å². The Morgan fingerprint density at radius 1 is 1.05 bits per heavy atom. The van der Waals surface area contributed by atoms with Gasteiger partial charge in [0, 0.05) is 0 Å². The predicted octanol–water partition coefficient (Wildman–Crippen LogP) is 2.92. The maximum absolute atomic E-state index is 13.8. The van der Waals surface area contributed by atoms with Gasteiger partial charge in [0.1, 0.15) is 6.61 Å².